The fourth-order valence-electron chi connectivity index (χ4n) is 3.83. The molecule has 4 aromatic rings. The average molecular weight is 673 g/mol. The number of nitrogens with one attached hydrogen (secondary N) is 2. The van der Waals surface area contributed by atoms with Gasteiger partial charge in [-0.15, -0.1) is 0 Å². The molecule has 1 amide bonds. The van der Waals surface area contributed by atoms with Crippen LogP contribution in [0.25, 0.3) is 0 Å². The molecule has 0 aliphatic rings. The molecule has 0 heterocycles. The summed E-state index contributed by atoms with van der Waals surface area (Å²) in [5.41, 5.74) is -0.396. The number of amides is 1. The van der Waals surface area contributed by atoms with E-state index in [0.29, 0.717) is 11.1 Å². The van der Waals surface area contributed by atoms with E-state index in [1.165, 1.54) is 48.5 Å². The molecule has 0 unspecified atom stereocenters. The first-order valence-corrected chi connectivity index (χ1v) is 15.9. The van der Waals surface area contributed by atoms with Gasteiger partial charge < -0.3 is 5.32 Å². The highest BCUT2D eigenvalue weighted by molar-refractivity contribution is 7.93. The van der Waals surface area contributed by atoms with Gasteiger partial charge in [0.15, 0.2) is 0 Å². The van der Waals surface area contributed by atoms with Crippen LogP contribution in [0, 0.1) is 6.92 Å². The minimum Gasteiger partial charge on any atom is -0.325 e. The van der Waals surface area contributed by atoms with Crippen molar-refractivity contribution in [3.8, 4) is 0 Å². The lowest BCUT2D eigenvalue weighted by atomic mass is 10.2. The Bertz CT molecular complexity index is 1850. The molecule has 0 saturated heterocycles. The van der Waals surface area contributed by atoms with E-state index in [4.69, 9.17) is 23.2 Å². The molecular weight excluding hydrogens is 650 g/mol. The number of hydrogen-bond donors (Lipinski definition) is 2. The zero-order valence-corrected chi connectivity index (χ0v) is 25.2. The maximum Gasteiger partial charge on any atom is 0.417 e. The molecule has 0 aliphatic carbocycles. The predicted molar refractivity (Wildman–Crippen MR) is 159 cm³/mol. The Labute approximate surface area is 256 Å². The lowest BCUT2D eigenvalue weighted by Gasteiger charge is -2.24. The predicted octanol–water partition coefficient (Wildman–Crippen LogP) is 6.96. The van der Waals surface area contributed by atoms with Gasteiger partial charge >= 0.3 is 6.18 Å². The van der Waals surface area contributed by atoms with Crippen LogP contribution in [0.15, 0.2) is 101 Å². The molecule has 0 atom stereocenters. The van der Waals surface area contributed by atoms with E-state index in [-0.39, 0.29) is 26.9 Å². The van der Waals surface area contributed by atoms with E-state index < -0.39 is 49.3 Å². The molecule has 0 spiro atoms. The molecule has 0 radical (unpaired) electrons. The second-order valence-electron chi connectivity index (χ2n) is 9.17. The SMILES string of the molecule is Cc1ccc(S(=O)(=O)N(CC(=O)Nc2ccc(S(=O)(=O)Nc3ccc(Cl)c(C(F)(F)F)c3)cc2)c2ccc(Cl)cc2)cc1. The molecule has 0 fully saturated rings. The Hall–Kier alpha value is -3.78. The highest BCUT2D eigenvalue weighted by Gasteiger charge is 2.34. The second kappa shape index (κ2) is 12.4. The van der Waals surface area contributed by atoms with Crippen LogP contribution < -0.4 is 14.3 Å². The largest absolute Gasteiger partial charge is 0.417 e. The number of carbonyl (C=O) groups excluding carboxylic acids is 1. The summed E-state index contributed by atoms with van der Waals surface area (Å²) < 4.78 is 95.0. The first-order chi connectivity index (χ1) is 20.1. The zero-order chi connectivity index (χ0) is 31.6. The number of aryl methyl sites for hydroxylation is 1. The zero-order valence-electron chi connectivity index (χ0n) is 22.1. The van der Waals surface area contributed by atoms with Crippen molar-refractivity contribution in [2.45, 2.75) is 22.9 Å². The fourth-order valence-corrected chi connectivity index (χ4v) is 6.65. The fraction of sp³-hybridized carbons (Fsp3) is 0.107. The van der Waals surface area contributed by atoms with Gasteiger partial charge in [-0.3, -0.25) is 13.8 Å². The molecule has 0 aliphatic heterocycles. The normalized spacial score (nSPS) is 12.0. The number of nitrogens with zero attached hydrogens (tertiary/aromatic N) is 1. The minimum atomic E-state index is -4.79. The molecule has 8 nitrogen and oxygen atoms in total. The van der Waals surface area contributed by atoms with Crippen molar-refractivity contribution in [1.29, 1.82) is 0 Å². The molecular formula is C28H22Cl2F3N3O5S2. The molecule has 15 heteroatoms. The van der Waals surface area contributed by atoms with Gasteiger partial charge in [-0.2, -0.15) is 13.2 Å². The smallest absolute Gasteiger partial charge is 0.325 e. The molecule has 226 valence electrons. The highest BCUT2D eigenvalue weighted by atomic mass is 35.5. The van der Waals surface area contributed by atoms with Gasteiger partial charge in [0.25, 0.3) is 20.0 Å². The van der Waals surface area contributed by atoms with Crippen molar-refractivity contribution in [3.05, 3.63) is 112 Å². The Kier molecular flexibility index (Phi) is 9.30. The van der Waals surface area contributed by atoms with Crippen LogP contribution in [-0.4, -0.2) is 29.3 Å². The van der Waals surface area contributed by atoms with E-state index in [2.05, 4.69) is 10.0 Å². The molecule has 0 saturated carbocycles. The minimum absolute atomic E-state index is 0.0362. The Morgan fingerprint density at radius 1 is 0.791 bits per heavy atom. The van der Waals surface area contributed by atoms with Crippen LogP contribution in [0.1, 0.15) is 11.1 Å². The lowest BCUT2D eigenvalue weighted by molar-refractivity contribution is -0.137. The van der Waals surface area contributed by atoms with E-state index in [0.717, 1.165) is 34.1 Å². The summed E-state index contributed by atoms with van der Waals surface area (Å²) in [6, 6.07) is 19.3. The summed E-state index contributed by atoms with van der Waals surface area (Å²) in [5.74, 6) is -0.736. The summed E-state index contributed by atoms with van der Waals surface area (Å²) >= 11 is 11.5. The van der Waals surface area contributed by atoms with Crippen molar-refractivity contribution in [3.63, 3.8) is 0 Å². The average Bonchev–Trinajstić information content (AvgIpc) is 2.93. The molecule has 4 aromatic carbocycles. The number of anilines is 3. The van der Waals surface area contributed by atoms with Crippen LogP contribution in [0.3, 0.4) is 0 Å². The standard InChI is InChI=1S/C28H22Cl2F3N3O5S2/c1-18-2-11-24(12-3-18)43(40,41)36(22-9-4-19(29)5-10-22)17-27(37)34-20-6-13-23(14-7-20)42(38,39)35-21-8-15-26(30)25(16-21)28(31,32)33/h2-16,35H,17H2,1H3,(H,34,37). The maximum atomic E-state index is 13.5. The topological polar surface area (TPSA) is 113 Å². The third kappa shape index (κ3) is 7.79. The summed E-state index contributed by atoms with van der Waals surface area (Å²) in [6.45, 7) is 1.17. The number of halogens is 5. The van der Waals surface area contributed by atoms with Gasteiger partial charge in [0.05, 0.1) is 26.1 Å². The number of sulfonamides is 2. The Balaban J connectivity index is 1.52. The van der Waals surface area contributed by atoms with Gasteiger partial charge in [0, 0.05) is 16.4 Å². The van der Waals surface area contributed by atoms with E-state index in [1.807, 2.05) is 0 Å². The van der Waals surface area contributed by atoms with Crippen molar-refractivity contribution in [1.82, 2.24) is 0 Å². The Morgan fingerprint density at radius 2 is 1.35 bits per heavy atom. The van der Waals surface area contributed by atoms with Gasteiger partial charge in [-0.05, 0) is 85.8 Å². The first kappa shape index (κ1) is 32.1. The number of alkyl halides is 3. The highest BCUT2D eigenvalue weighted by Crippen LogP contribution is 2.36. The van der Waals surface area contributed by atoms with E-state index in [9.17, 15) is 34.8 Å². The van der Waals surface area contributed by atoms with Crippen molar-refractivity contribution in [2.24, 2.45) is 0 Å². The lowest BCUT2D eigenvalue weighted by Crippen LogP contribution is -2.38. The second-order valence-corrected chi connectivity index (χ2v) is 13.6. The first-order valence-electron chi connectivity index (χ1n) is 12.2. The van der Waals surface area contributed by atoms with Crippen LogP contribution in [0.4, 0.5) is 30.2 Å². The molecule has 0 bridgehead atoms. The van der Waals surface area contributed by atoms with Crippen molar-refractivity contribution >= 4 is 66.2 Å². The third-order valence-corrected chi connectivity index (χ3v) is 9.75. The summed E-state index contributed by atoms with van der Waals surface area (Å²) in [7, 11) is -8.50. The molecule has 43 heavy (non-hydrogen) atoms. The third-order valence-electron chi connectivity index (χ3n) is 5.98. The van der Waals surface area contributed by atoms with Crippen LogP contribution in [0.5, 0.6) is 0 Å². The van der Waals surface area contributed by atoms with Crippen LogP contribution in [-0.2, 0) is 31.0 Å². The maximum absolute atomic E-state index is 13.5. The number of rotatable bonds is 9. The molecule has 4 rings (SSSR count). The van der Waals surface area contributed by atoms with Crippen molar-refractivity contribution in [2.75, 3.05) is 20.9 Å². The summed E-state index contributed by atoms with van der Waals surface area (Å²) in [5, 5.41) is 2.30. The number of hydrogen-bond acceptors (Lipinski definition) is 5. The molecule has 2 N–H and O–H groups in total. The van der Waals surface area contributed by atoms with Crippen molar-refractivity contribution < 1.29 is 34.8 Å². The van der Waals surface area contributed by atoms with Gasteiger partial charge in [0.2, 0.25) is 5.91 Å². The van der Waals surface area contributed by atoms with E-state index >= 15 is 0 Å². The van der Waals surface area contributed by atoms with E-state index in [1.54, 1.807) is 19.1 Å². The van der Waals surface area contributed by atoms with Gasteiger partial charge in [0.1, 0.15) is 6.54 Å². The monoisotopic (exact) mass is 671 g/mol. The Morgan fingerprint density at radius 3 is 1.93 bits per heavy atom. The van der Waals surface area contributed by atoms with Crippen LogP contribution in [0.2, 0.25) is 10.0 Å². The number of carbonyl (C=O) groups is 1. The summed E-state index contributed by atoms with van der Waals surface area (Å²) in [4.78, 5) is 12.6. The van der Waals surface area contributed by atoms with Gasteiger partial charge in [-0.1, -0.05) is 40.9 Å². The van der Waals surface area contributed by atoms with Gasteiger partial charge in [-0.25, -0.2) is 16.8 Å². The summed E-state index contributed by atoms with van der Waals surface area (Å²) in [6.07, 6.45) is -4.79. The quantitative estimate of drug-likeness (QED) is 0.200. The molecule has 0 aromatic heterocycles. The number of benzene rings is 4. The van der Waals surface area contributed by atoms with Crippen LogP contribution >= 0.6 is 23.2 Å².